The number of carbonyl (C=O) groups excluding carboxylic acids is 1. The van der Waals surface area contributed by atoms with Crippen LogP contribution in [-0.2, 0) is 24.2 Å². The topological polar surface area (TPSA) is 77.1 Å². The normalized spacial score (nSPS) is 12.4. The zero-order valence-electron chi connectivity index (χ0n) is 13.7. The van der Waals surface area contributed by atoms with Crippen LogP contribution < -0.4 is 4.74 Å². The molecule has 0 saturated carbocycles. The van der Waals surface area contributed by atoms with Gasteiger partial charge in [0.1, 0.15) is 11.5 Å². The standard InChI is InChI=1S/C18H17N3O3S/c1-2-23-17(22)16-13-4-3-12-9-20-21-15(12)14(13)18(25-16)24-10-11-5-7-19-8-6-11/h5-9H,2-4,10H2,1H3,(H,20,21). The Bertz CT molecular complexity index is 902. The van der Waals surface area contributed by atoms with Crippen LogP contribution in [0.1, 0.15) is 33.3 Å². The highest BCUT2D eigenvalue weighted by Gasteiger charge is 2.30. The van der Waals surface area contributed by atoms with Gasteiger partial charge in [0, 0.05) is 12.4 Å². The number of H-pyrrole nitrogens is 1. The summed E-state index contributed by atoms with van der Waals surface area (Å²) >= 11 is 1.35. The van der Waals surface area contributed by atoms with Gasteiger partial charge in [-0.15, -0.1) is 0 Å². The minimum absolute atomic E-state index is 0.287. The molecule has 1 N–H and O–H groups in total. The van der Waals surface area contributed by atoms with E-state index in [1.165, 1.54) is 11.3 Å². The van der Waals surface area contributed by atoms with Crippen molar-refractivity contribution in [2.24, 2.45) is 0 Å². The van der Waals surface area contributed by atoms with E-state index >= 15 is 0 Å². The summed E-state index contributed by atoms with van der Waals surface area (Å²) in [5.41, 5.74) is 5.05. The van der Waals surface area contributed by atoms with E-state index in [1.807, 2.05) is 25.3 Å². The van der Waals surface area contributed by atoms with Crippen LogP contribution in [0.2, 0.25) is 0 Å². The van der Waals surface area contributed by atoms with Crippen LogP contribution in [0.25, 0.3) is 11.3 Å². The van der Waals surface area contributed by atoms with Crippen molar-refractivity contribution in [1.82, 2.24) is 15.2 Å². The molecular formula is C18H17N3O3S. The molecule has 3 aromatic rings. The molecule has 0 aromatic carbocycles. The molecule has 0 radical (unpaired) electrons. The van der Waals surface area contributed by atoms with E-state index in [0.29, 0.717) is 18.1 Å². The lowest BCUT2D eigenvalue weighted by atomic mass is 9.92. The molecule has 3 heterocycles. The maximum absolute atomic E-state index is 12.4. The van der Waals surface area contributed by atoms with Gasteiger partial charge in [0.25, 0.3) is 0 Å². The molecule has 0 unspecified atom stereocenters. The van der Waals surface area contributed by atoms with Gasteiger partial charge in [-0.2, -0.15) is 5.10 Å². The van der Waals surface area contributed by atoms with Crippen LogP contribution in [0.4, 0.5) is 0 Å². The van der Waals surface area contributed by atoms with Crippen molar-refractivity contribution < 1.29 is 14.3 Å². The molecule has 25 heavy (non-hydrogen) atoms. The molecule has 0 atom stereocenters. The molecule has 0 aliphatic heterocycles. The molecule has 0 fully saturated rings. The number of pyridine rings is 1. The maximum Gasteiger partial charge on any atom is 0.348 e. The molecular weight excluding hydrogens is 338 g/mol. The summed E-state index contributed by atoms with van der Waals surface area (Å²) in [4.78, 5) is 17.0. The average Bonchev–Trinajstić information content (AvgIpc) is 3.25. The summed E-state index contributed by atoms with van der Waals surface area (Å²) in [7, 11) is 0. The molecule has 0 bridgehead atoms. The second kappa shape index (κ2) is 6.68. The largest absolute Gasteiger partial charge is 0.479 e. The first-order valence-corrected chi connectivity index (χ1v) is 8.96. The third-order valence-electron chi connectivity index (χ3n) is 4.17. The third kappa shape index (κ3) is 2.91. The minimum atomic E-state index is -0.287. The quantitative estimate of drug-likeness (QED) is 0.710. The Balaban J connectivity index is 1.72. The Labute approximate surface area is 148 Å². The predicted octanol–water partition coefficient (Wildman–Crippen LogP) is 3.39. The van der Waals surface area contributed by atoms with Gasteiger partial charge in [-0.25, -0.2) is 4.79 Å². The molecule has 4 rings (SSSR count). The van der Waals surface area contributed by atoms with Gasteiger partial charge < -0.3 is 9.47 Å². The first-order valence-electron chi connectivity index (χ1n) is 8.15. The third-order valence-corrected chi connectivity index (χ3v) is 5.29. The van der Waals surface area contributed by atoms with Crippen molar-refractivity contribution in [3.05, 3.63) is 52.3 Å². The fourth-order valence-electron chi connectivity index (χ4n) is 3.00. The van der Waals surface area contributed by atoms with Crippen LogP contribution in [0, 0.1) is 0 Å². The number of hydrogen-bond acceptors (Lipinski definition) is 6. The van der Waals surface area contributed by atoms with Crippen LogP contribution in [0.5, 0.6) is 5.06 Å². The van der Waals surface area contributed by atoms with Crippen molar-refractivity contribution >= 4 is 17.3 Å². The lowest BCUT2D eigenvalue weighted by molar-refractivity contribution is 0.0531. The molecule has 0 amide bonds. The van der Waals surface area contributed by atoms with Gasteiger partial charge in [0.2, 0.25) is 0 Å². The van der Waals surface area contributed by atoms with E-state index in [1.54, 1.807) is 12.4 Å². The Hall–Kier alpha value is -2.67. The number of carbonyl (C=O) groups is 1. The van der Waals surface area contributed by atoms with Crippen molar-refractivity contribution in [1.29, 1.82) is 0 Å². The van der Waals surface area contributed by atoms with E-state index in [9.17, 15) is 4.79 Å². The summed E-state index contributed by atoms with van der Waals surface area (Å²) in [6.45, 7) is 2.58. The second-order valence-electron chi connectivity index (χ2n) is 5.71. The maximum atomic E-state index is 12.4. The smallest absolute Gasteiger partial charge is 0.348 e. The molecule has 1 aliphatic rings. The highest BCUT2D eigenvalue weighted by atomic mass is 32.1. The Morgan fingerprint density at radius 3 is 2.96 bits per heavy atom. The second-order valence-corrected chi connectivity index (χ2v) is 6.69. The number of ether oxygens (including phenoxy) is 2. The lowest BCUT2D eigenvalue weighted by Crippen LogP contribution is -2.09. The zero-order chi connectivity index (χ0) is 17.2. The fraction of sp³-hybridized carbons (Fsp3) is 0.278. The average molecular weight is 355 g/mol. The Morgan fingerprint density at radius 2 is 2.16 bits per heavy atom. The number of rotatable bonds is 5. The minimum Gasteiger partial charge on any atom is -0.479 e. The SMILES string of the molecule is CCOC(=O)c1sc(OCc2ccncc2)c2c1CCc1cn[nH]c1-2. The first kappa shape index (κ1) is 15.8. The Morgan fingerprint density at radius 1 is 1.32 bits per heavy atom. The number of thiophene rings is 1. The summed E-state index contributed by atoms with van der Waals surface area (Å²) < 4.78 is 11.3. The number of nitrogens with one attached hydrogen (secondary N) is 1. The molecule has 7 heteroatoms. The summed E-state index contributed by atoms with van der Waals surface area (Å²) in [5.74, 6) is -0.287. The van der Waals surface area contributed by atoms with E-state index in [2.05, 4.69) is 15.2 Å². The van der Waals surface area contributed by atoms with Crippen LogP contribution >= 0.6 is 11.3 Å². The van der Waals surface area contributed by atoms with Gasteiger partial charge in [-0.3, -0.25) is 10.1 Å². The summed E-state index contributed by atoms with van der Waals surface area (Å²) in [5, 5.41) is 7.93. The number of aromatic nitrogens is 3. The number of aromatic amines is 1. The highest BCUT2D eigenvalue weighted by Crippen LogP contribution is 2.46. The van der Waals surface area contributed by atoms with Gasteiger partial charge in [0.15, 0.2) is 5.06 Å². The number of fused-ring (bicyclic) bond motifs is 3. The lowest BCUT2D eigenvalue weighted by Gasteiger charge is -2.14. The van der Waals surface area contributed by atoms with E-state index in [0.717, 1.165) is 45.9 Å². The zero-order valence-corrected chi connectivity index (χ0v) is 14.6. The van der Waals surface area contributed by atoms with Crippen LogP contribution in [0.15, 0.2) is 30.7 Å². The number of hydrogen-bond donors (Lipinski definition) is 1. The highest BCUT2D eigenvalue weighted by molar-refractivity contribution is 7.16. The predicted molar refractivity (Wildman–Crippen MR) is 93.8 cm³/mol. The van der Waals surface area contributed by atoms with Gasteiger partial charge in [-0.05, 0) is 48.6 Å². The first-order chi connectivity index (χ1) is 12.3. The number of nitrogens with zero attached hydrogens (tertiary/aromatic N) is 2. The van der Waals surface area contributed by atoms with Crippen molar-refractivity contribution in [2.75, 3.05) is 6.61 Å². The number of aryl methyl sites for hydroxylation is 1. The molecule has 6 nitrogen and oxygen atoms in total. The van der Waals surface area contributed by atoms with Crippen molar-refractivity contribution in [3.63, 3.8) is 0 Å². The molecule has 128 valence electrons. The van der Waals surface area contributed by atoms with E-state index in [4.69, 9.17) is 9.47 Å². The molecule has 1 aliphatic carbocycles. The van der Waals surface area contributed by atoms with Crippen LogP contribution in [0.3, 0.4) is 0 Å². The van der Waals surface area contributed by atoms with Gasteiger partial charge >= 0.3 is 5.97 Å². The molecule has 0 spiro atoms. The summed E-state index contributed by atoms with van der Waals surface area (Å²) in [6.07, 6.45) is 6.95. The van der Waals surface area contributed by atoms with E-state index < -0.39 is 0 Å². The molecule has 0 saturated heterocycles. The molecule has 3 aromatic heterocycles. The Kier molecular flexibility index (Phi) is 4.23. The monoisotopic (exact) mass is 355 g/mol. The number of esters is 1. The van der Waals surface area contributed by atoms with Gasteiger partial charge in [-0.1, -0.05) is 11.3 Å². The summed E-state index contributed by atoms with van der Waals surface area (Å²) in [6, 6.07) is 3.82. The van der Waals surface area contributed by atoms with Gasteiger partial charge in [0.05, 0.1) is 24.1 Å². The van der Waals surface area contributed by atoms with E-state index in [-0.39, 0.29) is 5.97 Å². The fourth-order valence-corrected chi connectivity index (χ4v) is 4.10. The van der Waals surface area contributed by atoms with Crippen LogP contribution in [-0.4, -0.2) is 27.8 Å². The van der Waals surface area contributed by atoms with Crippen molar-refractivity contribution in [3.8, 4) is 16.3 Å². The van der Waals surface area contributed by atoms with Crippen molar-refractivity contribution in [2.45, 2.75) is 26.4 Å².